The van der Waals surface area contributed by atoms with Crippen molar-refractivity contribution in [3.05, 3.63) is 30.3 Å². The standard InChI is InChI=1S/C15H25FN2/c1-3-4-6-9-13(2)15(12-17-16)18-14-10-7-5-8-11-14/h5,7-8,10-11,13,15,17-18H,3-4,6,9,12H2,1-2H3. The Morgan fingerprint density at radius 2 is 1.89 bits per heavy atom. The zero-order chi connectivity index (χ0) is 13.2. The van der Waals surface area contributed by atoms with Crippen LogP contribution in [-0.4, -0.2) is 12.6 Å². The first-order valence-corrected chi connectivity index (χ1v) is 6.93. The van der Waals surface area contributed by atoms with Gasteiger partial charge in [0.25, 0.3) is 0 Å². The van der Waals surface area contributed by atoms with Crippen LogP contribution in [0.3, 0.4) is 0 Å². The van der Waals surface area contributed by atoms with Gasteiger partial charge < -0.3 is 5.32 Å². The molecule has 18 heavy (non-hydrogen) atoms. The van der Waals surface area contributed by atoms with Crippen LogP contribution in [0.25, 0.3) is 0 Å². The van der Waals surface area contributed by atoms with Crippen molar-refractivity contribution in [1.82, 2.24) is 5.54 Å². The van der Waals surface area contributed by atoms with Gasteiger partial charge in [0.15, 0.2) is 0 Å². The summed E-state index contributed by atoms with van der Waals surface area (Å²) in [5.41, 5.74) is 2.85. The van der Waals surface area contributed by atoms with Gasteiger partial charge in [0.2, 0.25) is 0 Å². The number of hydrogen-bond acceptors (Lipinski definition) is 2. The molecule has 0 heterocycles. The Morgan fingerprint density at radius 3 is 2.50 bits per heavy atom. The summed E-state index contributed by atoms with van der Waals surface area (Å²) in [5.74, 6) is 0.458. The van der Waals surface area contributed by atoms with E-state index in [-0.39, 0.29) is 6.04 Å². The Bertz CT molecular complexity index is 303. The van der Waals surface area contributed by atoms with Crippen LogP contribution < -0.4 is 10.9 Å². The van der Waals surface area contributed by atoms with Crippen LogP contribution in [0.1, 0.15) is 39.5 Å². The Hall–Kier alpha value is -1.09. The monoisotopic (exact) mass is 252 g/mol. The van der Waals surface area contributed by atoms with E-state index in [1.165, 1.54) is 19.3 Å². The highest BCUT2D eigenvalue weighted by Crippen LogP contribution is 2.17. The van der Waals surface area contributed by atoms with E-state index in [0.717, 1.165) is 12.1 Å². The third kappa shape index (κ3) is 5.50. The molecule has 2 atom stereocenters. The number of benzene rings is 1. The Balaban J connectivity index is 2.48. The van der Waals surface area contributed by atoms with Gasteiger partial charge in [-0.2, -0.15) is 5.54 Å². The lowest BCUT2D eigenvalue weighted by Crippen LogP contribution is -2.35. The van der Waals surface area contributed by atoms with Gasteiger partial charge in [-0.3, -0.25) is 0 Å². The van der Waals surface area contributed by atoms with Crippen molar-refractivity contribution < 1.29 is 4.48 Å². The fraction of sp³-hybridized carbons (Fsp3) is 0.600. The quantitative estimate of drug-likeness (QED) is 0.509. The van der Waals surface area contributed by atoms with E-state index in [9.17, 15) is 4.48 Å². The zero-order valence-electron chi connectivity index (χ0n) is 11.5. The van der Waals surface area contributed by atoms with Crippen LogP contribution in [-0.2, 0) is 0 Å². The number of hydrogen-bond donors (Lipinski definition) is 2. The fourth-order valence-electron chi connectivity index (χ4n) is 2.14. The summed E-state index contributed by atoms with van der Waals surface area (Å²) < 4.78 is 12.4. The molecular weight excluding hydrogens is 227 g/mol. The SMILES string of the molecule is CCCCCC(C)C(CNF)Nc1ccccc1. The van der Waals surface area contributed by atoms with Gasteiger partial charge in [-0.1, -0.05) is 51.3 Å². The summed E-state index contributed by atoms with van der Waals surface area (Å²) >= 11 is 0. The largest absolute Gasteiger partial charge is 0.381 e. The van der Waals surface area contributed by atoms with E-state index >= 15 is 0 Å². The summed E-state index contributed by atoms with van der Waals surface area (Å²) in [4.78, 5) is 0. The Morgan fingerprint density at radius 1 is 1.17 bits per heavy atom. The van der Waals surface area contributed by atoms with Crippen molar-refractivity contribution in [2.75, 3.05) is 11.9 Å². The molecule has 102 valence electrons. The molecule has 0 spiro atoms. The molecule has 0 bridgehead atoms. The predicted molar refractivity (Wildman–Crippen MR) is 76.3 cm³/mol. The molecule has 2 unspecified atom stereocenters. The van der Waals surface area contributed by atoms with Gasteiger partial charge in [-0.15, -0.1) is 4.48 Å². The van der Waals surface area contributed by atoms with E-state index < -0.39 is 0 Å². The van der Waals surface area contributed by atoms with Crippen molar-refractivity contribution in [2.45, 2.75) is 45.6 Å². The number of nitrogens with one attached hydrogen (secondary N) is 2. The maximum Gasteiger partial charge on any atom is 0.0464 e. The fourth-order valence-corrected chi connectivity index (χ4v) is 2.14. The van der Waals surface area contributed by atoms with Crippen LogP contribution in [0, 0.1) is 5.92 Å². The minimum atomic E-state index is 0.134. The lowest BCUT2D eigenvalue weighted by atomic mass is 9.95. The van der Waals surface area contributed by atoms with E-state index in [1.807, 2.05) is 30.3 Å². The summed E-state index contributed by atoms with van der Waals surface area (Å²) in [6, 6.07) is 10.1. The molecule has 2 N–H and O–H groups in total. The van der Waals surface area contributed by atoms with Crippen molar-refractivity contribution in [3.63, 3.8) is 0 Å². The third-order valence-electron chi connectivity index (χ3n) is 3.37. The molecule has 0 aliphatic carbocycles. The molecule has 0 radical (unpaired) electrons. The lowest BCUT2D eigenvalue weighted by molar-refractivity contribution is 0.294. The number of rotatable bonds is 9. The molecule has 2 nitrogen and oxygen atoms in total. The van der Waals surface area contributed by atoms with Crippen molar-refractivity contribution in [3.8, 4) is 0 Å². The first-order chi connectivity index (χ1) is 8.77. The second-order valence-corrected chi connectivity index (χ2v) is 4.93. The van der Waals surface area contributed by atoms with E-state index in [2.05, 4.69) is 19.2 Å². The van der Waals surface area contributed by atoms with Gasteiger partial charge in [0.05, 0.1) is 0 Å². The highest BCUT2D eigenvalue weighted by Gasteiger charge is 2.16. The predicted octanol–water partition coefficient (Wildman–Crippen LogP) is 4.16. The first kappa shape index (κ1) is 15.0. The van der Waals surface area contributed by atoms with Crippen molar-refractivity contribution in [1.29, 1.82) is 0 Å². The van der Waals surface area contributed by atoms with Gasteiger partial charge in [-0.05, 0) is 24.5 Å². The molecule has 0 fully saturated rings. The second-order valence-electron chi connectivity index (χ2n) is 4.93. The number of anilines is 1. The van der Waals surface area contributed by atoms with E-state index in [4.69, 9.17) is 0 Å². The van der Waals surface area contributed by atoms with Crippen LogP contribution in [0.15, 0.2) is 30.3 Å². The van der Waals surface area contributed by atoms with Gasteiger partial charge >= 0.3 is 0 Å². The molecule has 0 aliphatic rings. The molecule has 0 amide bonds. The minimum absolute atomic E-state index is 0.134. The average Bonchev–Trinajstić information content (AvgIpc) is 2.39. The summed E-state index contributed by atoms with van der Waals surface area (Å²) in [6.45, 7) is 4.74. The summed E-state index contributed by atoms with van der Waals surface area (Å²) in [6.07, 6.45) is 4.84. The summed E-state index contributed by atoms with van der Waals surface area (Å²) in [5, 5.41) is 3.40. The smallest absolute Gasteiger partial charge is 0.0464 e. The van der Waals surface area contributed by atoms with Crippen LogP contribution in [0.2, 0.25) is 0 Å². The third-order valence-corrected chi connectivity index (χ3v) is 3.37. The maximum atomic E-state index is 12.4. The molecule has 3 heteroatoms. The molecular formula is C15H25FN2. The summed E-state index contributed by atoms with van der Waals surface area (Å²) in [7, 11) is 0. The highest BCUT2D eigenvalue weighted by atomic mass is 19.2. The topological polar surface area (TPSA) is 24.1 Å². The van der Waals surface area contributed by atoms with Gasteiger partial charge in [0, 0.05) is 18.3 Å². The number of para-hydroxylation sites is 1. The molecule has 0 aromatic heterocycles. The number of halogens is 1. The minimum Gasteiger partial charge on any atom is -0.381 e. The van der Waals surface area contributed by atoms with Crippen LogP contribution >= 0.6 is 0 Å². The first-order valence-electron chi connectivity index (χ1n) is 6.93. The van der Waals surface area contributed by atoms with E-state index in [0.29, 0.717) is 12.5 Å². The molecule has 0 saturated heterocycles. The number of unbranched alkanes of at least 4 members (excludes halogenated alkanes) is 2. The second kappa shape index (κ2) is 8.92. The van der Waals surface area contributed by atoms with Gasteiger partial charge in [-0.25, -0.2) is 0 Å². The molecule has 1 aromatic rings. The van der Waals surface area contributed by atoms with Crippen molar-refractivity contribution in [2.24, 2.45) is 5.92 Å². The average molecular weight is 252 g/mol. The van der Waals surface area contributed by atoms with Crippen molar-refractivity contribution >= 4 is 5.69 Å². The van der Waals surface area contributed by atoms with Gasteiger partial charge in [0.1, 0.15) is 0 Å². The molecule has 1 rings (SSSR count). The molecule has 0 saturated carbocycles. The molecule has 0 aliphatic heterocycles. The van der Waals surface area contributed by atoms with Crippen LogP contribution in [0.5, 0.6) is 0 Å². The van der Waals surface area contributed by atoms with E-state index in [1.54, 1.807) is 5.54 Å². The highest BCUT2D eigenvalue weighted by molar-refractivity contribution is 5.43. The van der Waals surface area contributed by atoms with Crippen LogP contribution in [0.4, 0.5) is 10.2 Å². The maximum absolute atomic E-state index is 12.4. The Labute approximate surface area is 110 Å². The normalized spacial score (nSPS) is 14.2. The molecule has 1 aromatic carbocycles. The Kier molecular flexibility index (Phi) is 7.42. The zero-order valence-corrected chi connectivity index (χ0v) is 11.5. The lowest BCUT2D eigenvalue weighted by Gasteiger charge is -2.25.